The Hall–Kier alpha value is -4.30. The third kappa shape index (κ3) is 5.04. The smallest absolute Gasteiger partial charge is 0.258 e. The number of hydrogen-bond donors (Lipinski definition) is 3. The van der Waals surface area contributed by atoms with Crippen LogP contribution in [0.25, 0.3) is 11.3 Å². The molecular formula is C28H30N4O4. The molecule has 1 aliphatic rings. The molecule has 1 heterocycles. The molecule has 8 nitrogen and oxygen atoms in total. The van der Waals surface area contributed by atoms with Gasteiger partial charge in [-0.15, -0.1) is 0 Å². The lowest BCUT2D eigenvalue weighted by molar-refractivity contribution is -0.118. The Morgan fingerprint density at radius 2 is 1.64 bits per heavy atom. The van der Waals surface area contributed by atoms with Crippen molar-refractivity contribution in [2.24, 2.45) is 0 Å². The third-order valence-electron chi connectivity index (χ3n) is 6.07. The molecule has 0 aromatic heterocycles. The molecule has 186 valence electrons. The van der Waals surface area contributed by atoms with Crippen LogP contribution in [0.15, 0.2) is 66.7 Å². The number of hydrogen-bond acceptors (Lipinski definition) is 6. The lowest BCUT2D eigenvalue weighted by Crippen LogP contribution is -2.28. The first kappa shape index (κ1) is 24.8. The highest BCUT2D eigenvalue weighted by atomic mass is 16.5. The van der Waals surface area contributed by atoms with E-state index in [0.29, 0.717) is 41.4 Å². The van der Waals surface area contributed by atoms with Gasteiger partial charge in [-0.3, -0.25) is 9.59 Å². The number of nitrogens with zero attached hydrogens (tertiary/aromatic N) is 1. The number of methoxy groups -OCH3 is 2. The highest BCUT2D eigenvalue weighted by Crippen LogP contribution is 2.43. The molecule has 3 aromatic carbocycles. The van der Waals surface area contributed by atoms with Gasteiger partial charge < -0.3 is 30.3 Å². The molecule has 0 spiro atoms. The molecule has 4 rings (SSSR count). The van der Waals surface area contributed by atoms with Gasteiger partial charge in [0.2, 0.25) is 5.91 Å². The normalized spacial score (nSPS) is 13.5. The van der Waals surface area contributed by atoms with Crippen LogP contribution in [0.5, 0.6) is 11.5 Å². The predicted octanol–water partition coefficient (Wildman–Crippen LogP) is 4.21. The van der Waals surface area contributed by atoms with Crippen LogP contribution in [0.3, 0.4) is 0 Å². The summed E-state index contributed by atoms with van der Waals surface area (Å²) in [4.78, 5) is 27.2. The number of fused-ring (bicyclic) bond motifs is 1. The molecule has 1 aliphatic heterocycles. The summed E-state index contributed by atoms with van der Waals surface area (Å²) >= 11 is 0. The maximum Gasteiger partial charge on any atom is 0.258 e. The second-order valence-electron chi connectivity index (χ2n) is 8.30. The van der Waals surface area contributed by atoms with Crippen molar-refractivity contribution in [1.29, 1.82) is 0 Å². The molecule has 0 bridgehead atoms. The summed E-state index contributed by atoms with van der Waals surface area (Å²) in [6.45, 7) is 0.622. The predicted molar refractivity (Wildman–Crippen MR) is 143 cm³/mol. The highest BCUT2D eigenvalue weighted by Gasteiger charge is 2.30. The Morgan fingerprint density at radius 1 is 0.972 bits per heavy atom. The molecule has 0 radical (unpaired) electrons. The van der Waals surface area contributed by atoms with Crippen LogP contribution in [0.4, 0.5) is 17.1 Å². The van der Waals surface area contributed by atoms with Gasteiger partial charge in [-0.2, -0.15) is 0 Å². The zero-order valence-electron chi connectivity index (χ0n) is 20.8. The molecule has 3 aromatic rings. The molecule has 0 aliphatic carbocycles. The second kappa shape index (κ2) is 11.0. The van der Waals surface area contributed by atoms with Gasteiger partial charge in [0.05, 0.1) is 31.2 Å². The van der Waals surface area contributed by atoms with Crippen molar-refractivity contribution in [3.8, 4) is 11.5 Å². The van der Waals surface area contributed by atoms with Gasteiger partial charge in [0.1, 0.15) is 0 Å². The Morgan fingerprint density at radius 3 is 2.28 bits per heavy atom. The number of ether oxygens (including phenoxy) is 2. The lowest BCUT2D eigenvalue weighted by Gasteiger charge is -2.19. The Bertz CT molecular complexity index is 1290. The summed E-state index contributed by atoms with van der Waals surface area (Å²) in [6, 6.07) is 20.8. The molecule has 2 amide bonds. The SMILES string of the molecule is CNCCC(=O)N(C)c1ccc(N/C(=C2\C(=O)Nc3cc(OC)c(OC)cc32)c2ccccc2)cc1. The van der Waals surface area contributed by atoms with Gasteiger partial charge >= 0.3 is 0 Å². The van der Waals surface area contributed by atoms with Crippen LogP contribution in [0.2, 0.25) is 0 Å². The maximum absolute atomic E-state index is 13.2. The van der Waals surface area contributed by atoms with Crippen LogP contribution in [0.1, 0.15) is 17.5 Å². The van der Waals surface area contributed by atoms with Gasteiger partial charge in [0.15, 0.2) is 11.5 Å². The van der Waals surface area contributed by atoms with E-state index >= 15 is 0 Å². The Balaban J connectivity index is 1.73. The standard InChI is InChI=1S/C28H30N4O4/c1-29-15-14-25(33)32(2)20-12-10-19(11-13-20)30-27(18-8-6-5-7-9-18)26-21-16-23(35-3)24(36-4)17-22(21)31-28(26)34/h5-13,16-17,29-30H,14-15H2,1-4H3,(H,31,34)/b27-26-. The Labute approximate surface area is 210 Å². The van der Waals surface area contributed by atoms with E-state index in [9.17, 15) is 9.59 Å². The van der Waals surface area contributed by atoms with Crippen LogP contribution in [0, 0.1) is 0 Å². The van der Waals surface area contributed by atoms with Crippen molar-refractivity contribution in [1.82, 2.24) is 5.32 Å². The van der Waals surface area contributed by atoms with Crippen molar-refractivity contribution < 1.29 is 19.1 Å². The summed E-state index contributed by atoms with van der Waals surface area (Å²) in [5.41, 5.74) is 4.95. The van der Waals surface area contributed by atoms with E-state index in [2.05, 4.69) is 16.0 Å². The lowest BCUT2D eigenvalue weighted by atomic mass is 9.99. The average molecular weight is 487 g/mol. The van der Waals surface area contributed by atoms with Crippen LogP contribution < -0.4 is 30.3 Å². The van der Waals surface area contributed by atoms with E-state index in [4.69, 9.17) is 9.47 Å². The minimum Gasteiger partial charge on any atom is -0.493 e. The zero-order chi connectivity index (χ0) is 25.7. The minimum absolute atomic E-state index is 0.0285. The monoisotopic (exact) mass is 486 g/mol. The van der Waals surface area contributed by atoms with Crippen LogP contribution in [-0.4, -0.2) is 46.7 Å². The van der Waals surface area contributed by atoms with Crippen molar-refractivity contribution in [2.45, 2.75) is 6.42 Å². The minimum atomic E-state index is -0.224. The van der Waals surface area contributed by atoms with E-state index in [0.717, 1.165) is 22.5 Å². The highest BCUT2D eigenvalue weighted by molar-refractivity contribution is 6.37. The molecular weight excluding hydrogens is 456 g/mol. The van der Waals surface area contributed by atoms with Crippen LogP contribution in [-0.2, 0) is 9.59 Å². The molecule has 8 heteroatoms. The topological polar surface area (TPSA) is 91.9 Å². The third-order valence-corrected chi connectivity index (χ3v) is 6.07. The number of nitrogens with one attached hydrogen (secondary N) is 3. The first-order valence-corrected chi connectivity index (χ1v) is 11.6. The second-order valence-corrected chi connectivity index (χ2v) is 8.30. The quantitative estimate of drug-likeness (QED) is 0.393. The number of anilines is 3. The summed E-state index contributed by atoms with van der Waals surface area (Å²) < 4.78 is 10.9. The summed E-state index contributed by atoms with van der Waals surface area (Å²) in [7, 11) is 6.71. The van der Waals surface area contributed by atoms with Crippen molar-refractivity contribution in [2.75, 3.05) is 50.4 Å². The number of benzene rings is 3. The fourth-order valence-corrected chi connectivity index (χ4v) is 4.08. The maximum atomic E-state index is 13.2. The molecule has 0 unspecified atom stereocenters. The summed E-state index contributed by atoms with van der Waals surface area (Å²) in [5, 5.41) is 9.37. The van der Waals surface area contributed by atoms with E-state index in [-0.39, 0.29) is 11.8 Å². The van der Waals surface area contributed by atoms with Crippen molar-refractivity contribution >= 4 is 40.1 Å². The summed E-state index contributed by atoms with van der Waals surface area (Å²) in [5.74, 6) is 0.878. The van der Waals surface area contributed by atoms with Crippen LogP contribution >= 0.6 is 0 Å². The van der Waals surface area contributed by atoms with E-state index in [1.807, 2.05) is 61.6 Å². The zero-order valence-corrected chi connectivity index (χ0v) is 20.8. The first-order valence-electron chi connectivity index (χ1n) is 11.6. The molecule has 0 saturated heterocycles. The fraction of sp³-hybridized carbons (Fsp3) is 0.214. The molecule has 0 atom stereocenters. The van der Waals surface area contributed by atoms with Gasteiger partial charge in [-0.1, -0.05) is 30.3 Å². The number of carbonyl (C=O) groups excluding carboxylic acids is 2. The largest absolute Gasteiger partial charge is 0.493 e. The number of rotatable bonds is 9. The number of carbonyl (C=O) groups is 2. The van der Waals surface area contributed by atoms with Gasteiger partial charge in [-0.25, -0.2) is 0 Å². The molecule has 0 saturated carbocycles. The van der Waals surface area contributed by atoms with Gasteiger partial charge in [0.25, 0.3) is 5.91 Å². The van der Waals surface area contributed by atoms with Crippen molar-refractivity contribution in [3.05, 3.63) is 77.9 Å². The van der Waals surface area contributed by atoms with E-state index in [1.54, 1.807) is 38.3 Å². The van der Waals surface area contributed by atoms with E-state index in [1.165, 1.54) is 0 Å². The van der Waals surface area contributed by atoms with Gasteiger partial charge in [-0.05, 0) is 42.9 Å². The van der Waals surface area contributed by atoms with E-state index < -0.39 is 0 Å². The molecule has 3 N–H and O–H groups in total. The van der Waals surface area contributed by atoms with Gasteiger partial charge in [0, 0.05) is 43.0 Å². The molecule has 36 heavy (non-hydrogen) atoms. The first-order chi connectivity index (χ1) is 17.5. The fourth-order valence-electron chi connectivity index (χ4n) is 4.08. The molecule has 0 fully saturated rings. The van der Waals surface area contributed by atoms with Crippen molar-refractivity contribution in [3.63, 3.8) is 0 Å². The average Bonchev–Trinajstić information content (AvgIpc) is 3.24. The summed E-state index contributed by atoms with van der Waals surface area (Å²) in [6.07, 6.45) is 0.417. The Kier molecular flexibility index (Phi) is 7.56. The number of amides is 2.